The summed E-state index contributed by atoms with van der Waals surface area (Å²) in [7, 11) is 0. The average molecular weight is 439 g/mol. The summed E-state index contributed by atoms with van der Waals surface area (Å²) in [6, 6.07) is 12.1. The molecule has 4 rings (SSSR count). The number of aromatic nitrogens is 2. The number of benzene rings is 1. The zero-order valence-electron chi connectivity index (χ0n) is 17.6. The number of rotatable bonds is 4. The SMILES string of the molecule is CC(C)C(=O)N1CCN(c2ccc(-c3ccc(F)cc3)c(-c3ccncc3Cl)n2)CC1. The molecular weight excluding hydrogens is 415 g/mol. The van der Waals surface area contributed by atoms with Gasteiger partial charge in [0.15, 0.2) is 0 Å². The van der Waals surface area contributed by atoms with E-state index in [-0.39, 0.29) is 17.6 Å². The summed E-state index contributed by atoms with van der Waals surface area (Å²) in [6.45, 7) is 6.62. The molecular formula is C24H24ClFN4O. The van der Waals surface area contributed by atoms with Crippen molar-refractivity contribution in [1.29, 1.82) is 0 Å². The Morgan fingerprint density at radius 2 is 1.71 bits per heavy atom. The minimum absolute atomic E-state index is 0.0000947. The number of carbonyl (C=O) groups is 1. The summed E-state index contributed by atoms with van der Waals surface area (Å²) in [5.74, 6) is 0.722. The van der Waals surface area contributed by atoms with E-state index in [2.05, 4.69) is 9.88 Å². The fourth-order valence-corrected chi connectivity index (χ4v) is 3.99. The Morgan fingerprint density at radius 1 is 1.00 bits per heavy atom. The van der Waals surface area contributed by atoms with E-state index in [9.17, 15) is 9.18 Å². The normalized spacial score (nSPS) is 14.2. The summed E-state index contributed by atoms with van der Waals surface area (Å²) >= 11 is 6.44. The molecule has 1 aliphatic heterocycles. The van der Waals surface area contributed by atoms with Crippen LogP contribution in [0.2, 0.25) is 5.02 Å². The molecule has 160 valence electrons. The van der Waals surface area contributed by atoms with Crippen LogP contribution in [0.4, 0.5) is 10.2 Å². The number of hydrogen-bond donors (Lipinski definition) is 0. The van der Waals surface area contributed by atoms with Crippen LogP contribution in [0.15, 0.2) is 54.9 Å². The van der Waals surface area contributed by atoms with Gasteiger partial charge in [-0.25, -0.2) is 9.37 Å². The van der Waals surface area contributed by atoms with Crippen molar-refractivity contribution in [2.45, 2.75) is 13.8 Å². The van der Waals surface area contributed by atoms with Crippen molar-refractivity contribution in [3.8, 4) is 22.4 Å². The summed E-state index contributed by atoms with van der Waals surface area (Å²) in [5, 5.41) is 0.503. The molecule has 0 aliphatic carbocycles. The molecule has 0 bridgehead atoms. The van der Waals surface area contributed by atoms with Crippen molar-refractivity contribution in [3.63, 3.8) is 0 Å². The van der Waals surface area contributed by atoms with Crippen LogP contribution in [0.1, 0.15) is 13.8 Å². The second kappa shape index (κ2) is 9.02. The minimum atomic E-state index is -0.286. The van der Waals surface area contributed by atoms with Crippen LogP contribution in [-0.2, 0) is 4.79 Å². The van der Waals surface area contributed by atoms with Crippen molar-refractivity contribution in [1.82, 2.24) is 14.9 Å². The van der Waals surface area contributed by atoms with Crippen LogP contribution in [-0.4, -0.2) is 47.0 Å². The van der Waals surface area contributed by atoms with Crippen molar-refractivity contribution < 1.29 is 9.18 Å². The van der Waals surface area contributed by atoms with E-state index < -0.39 is 0 Å². The zero-order valence-corrected chi connectivity index (χ0v) is 18.3. The molecule has 1 aliphatic rings. The first kappa shape index (κ1) is 21.2. The quantitative estimate of drug-likeness (QED) is 0.580. The predicted molar refractivity (Wildman–Crippen MR) is 122 cm³/mol. The molecule has 1 aromatic carbocycles. The number of hydrogen-bond acceptors (Lipinski definition) is 4. The van der Waals surface area contributed by atoms with Gasteiger partial charge >= 0.3 is 0 Å². The molecule has 5 nitrogen and oxygen atoms in total. The Morgan fingerprint density at radius 3 is 2.35 bits per heavy atom. The van der Waals surface area contributed by atoms with E-state index in [1.54, 1.807) is 24.5 Å². The highest BCUT2D eigenvalue weighted by molar-refractivity contribution is 6.33. The third-order valence-corrected chi connectivity index (χ3v) is 5.77. The Balaban J connectivity index is 1.69. The van der Waals surface area contributed by atoms with Crippen molar-refractivity contribution >= 4 is 23.3 Å². The highest BCUT2D eigenvalue weighted by atomic mass is 35.5. The maximum Gasteiger partial charge on any atom is 0.225 e. The van der Waals surface area contributed by atoms with E-state index in [4.69, 9.17) is 16.6 Å². The molecule has 3 aromatic rings. The standard InChI is InChI=1S/C24H24ClFN4O/c1-16(2)24(31)30-13-11-29(12-14-30)22-8-7-19(17-3-5-18(26)6-4-17)23(28-22)20-9-10-27-15-21(20)25/h3-10,15-16H,11-14H2,1-2H3. The van der Waals surface area contributed by atoms with Crippen molar-refractivity contribution in [2.75, 3.05) is 31.1 Å². The van der Waals surface area contributed by atoms with E-state index in [0.717, 1.165) is 28.2 Å². The van der Waals surface area contributed by atoms with Crippen LogP contribution in [0.5, 0.6) is 0 Å². The summed E-state index contributed by atoms with van der Waals surface area (Å²) in [6.07, 6.45) is 3.27. The molecule has 0 radical (unpaired) electrons. The van der Waals surface area contributed by atoms with E-state index in [1.165, 1.54) is 12.1 Å². The summed E-state index contributed by atoms with van der Waals surface area (Å²) < 4.78 is 13.5. The van der Waals surface area contributed by atoms with Crippen LogP contribution in [0.25, 0.3) is 22.4 Å². The first-order chi connectivity index (χ1) is 14.9. The van der Waals surface area contributed by atoms with E-state index >= 15 is 0 Å². The van der Waals surface area contributed by atoms with Gasteiger partial charge in [-0.15, -0.1) is 0 Å². The van der Waals surface area contributed by atoms with Crippen molar-refractivity contribution in [2.24, 2.45) is 5.92 Å². The molecule has 1 amide bonds. The van der Waals surface area contributed by atoms with Crippen LogP contribution >= 0.6 is 11.6 Å². The lowest BCUT2D eigenvalue weighted by atomic mass is 9.99. The first-order valence-corrected chi connectivity index (χ1v) is 10.7. The lowest BCUT2D eigenvalue weighted by Crippen LogP contribution is -2.50. The number of anilines is 1. The lowest BCUT2D eigenvalue weighted by Gasteiger charge is -2.36. The van der Waals surface area contributed by atoms with E-state index in [1.807, 2.05) is 36.9 Å². The van der Waals surface area contributed by atoms with Gasteiger partial charge in [0, 0.05) is 55.6 Å². The molecule has 1 fully saturated rings. The van der Waals surface area contributed by atoms with Crippen LogP contribution in [0, 0.1) is 11.7 Å². The smallest absolute Gasteiger partial charge is 0.225 e. The van der Waals surface area contributed by atoms with Gasteiger partial charge in [-0.2, -0.15) is 0 Å². The van der Waals surface area contributed by atoms with Gasteiger partial charge in [0.05, 0.1) is 10.7 Å². The highest BCUT2D eigenvalue weighted by Crippen LogP contribution is 2.36. The molecule has 31 heavy (non-hydrogen) atoms. The second-order valence-corrected chi connectivity index (χ2v) is 8.30. The van der Waals surface area contributed by atoms with Crippen molar-refractivity contribution in [3.05, 3.63) is 65.7 Å². The molecule has 0 saturated carbocycles. The fraction of sp³-hybridized carbons (Fsp3) is 0.292. The monoisotopic (exact) mass is 438 g/mol. The molecule has 7 heteroatoms. The van der Waals surface area contributed by atoms with Gasteiger partial charge in [-0.3, -0.25) is 9.78 Å². The molecule has 2 aromatic heterocycles. The first-order valence-electron chi connectivity index (χ1n) is 10.3. The minimum Gasteiger partial charge on any atom is -0.353 e. The van der Waals surface area contributed by atoms with Gasteiger partial charge in [-0.1, -0.05) is 37.6 Å². The predicted octanol–water partition coefficient (Wildman–Crippen LogP) is 4.91. The largest absolute Gasteiger partial charge is 0.353 e. The maximum absolute atomic E-state index is 13.5. The fourth-order valence-electron chi connectivity index (χ4n) is 3.78. The molecule has 0 unspecified atom stereocenters. The molecule has 0 N–H and O–H groups in total. The second-order valence-electron chi connectivity index (χ2n) is 7.90. The molecule has 0 spiro atoms. The summed E-state index contributed by atoms with van der Waals surface area (Å²) in [4.78, 5) is 25.4. The number of nitrogens with zero attached hydrogens (tertiary/aromatic N) is 4. The highest BCUT2D eigenvalue weighted by Gasteiger charge is 2.24. The van der Waals surface area contributed by atoms with E-state index in [0.29, 0.717) is 31.2 Å². The molecule has 0 atom stereocenters. The third-order valence-electron chi connectivity index (χ3n) is 5.47. The lowest BCUT2D eigenvalue weighted by molar-refractivity contribution is -0.134. The van der Waals surface area contributed by atoms with Crippen LogP contribution in [0.3, 0.4) is 0 Å². The summed E-state index contributed by atoms with van der Waals surface area (Å²) in [5.41, 5.74) is 3.21. The molecule has 1 saturated heterocycles. The number of piperazine rings is 1. The molecule has 3 heterocycles. The number of carbonyl (C=O) groups excluding carboxylic acids is 1. The number of pyridine rings is 2. The number of amides is 1. The maximum atomic E-state index is 13.5. The van der Waals surface area contributed by atoms with Gasteiger partial charge in [-0.05, 0) is 35.9 Å². The van der Waals surface area contributed by atoms with Crippen LogP contribution < -0.4 is 4.90 Å². The Hall–Kier alpha value is -2.99. The number of halogens is 2. The third kappa shape index (κ3) is 4.54. The Kier molecular flexibility index (Phi) is 6.18. The van der Waals surface area contributed by atoms with Gasteiger partial charge in [0.25, 0.3) is 0 Å². The average Bonchev–Trinajstić information content (AvgIpc) is 2.79. The topological polar surface area (TPSA) is 49.3 Å². The Bertz CT molecular complexity index is 1080. The Labute approximate surface area is 186 Å². The zero-order chi connectivity index (χ0) is 22.0. The van der Waals surface area contributed by atoms with Gasteiger partial charge in [0.1, 0.15) is 11.6 Å². The van der Waals surface area contributed by atoms with Gasteiger partial charge in [0.2, 0.25) is 5.91 Å². The van der Waals surface area contributed by atoms with Gasteiger partial charge < -0.3 is 9.80 Å².